The van der Waals surface area contributed by atoms with E-state index in [1.165, 1.54) is 5.56 Å². The van der Waals surface area contributed by atoms with E-state index in [4.69, 9.17) is 0 Å². The van der Waals surface area contributed by atoms with Crippen LogP contribution in [0.1, 0.15) is 19.4 Å². The summed E-state index contributed by atoms with van der Waals surface area (Å²) in [5.74, 6) is 0. The van der Waals surface area contributed by atoms with Gasteiger partial charge in [0.15, 0.2) is 0 Å². The minimum Gasteiger partial charge on any atom is -0.318 e. The first-order valence-electron chi connectivity index (χ1n) is 5.32. The maximum absolute atomic E-state index is 3.34. The fraction of sp³-hybridized carbons (Fsp3) is 0.500. The van der Waals surface area contributed by atoms with Gasteiger partial charge in [0.1, 0.15) is 0 Å². The molecule has 2 heteroatoms. The van der Waals surface area contributed by atoms with Crippen molar-refractivity contribution in [3.8, 4) is 0 Å². The van der Waals surface area contributed by atoms with Crippen molar-refractivity contribution in [2.75, 3.05) is 20.1 Å². The van der Waals surface area contributed by atoms with E-state index in [1.54, 1.807) is 0 Å². The Hall–Kier alpha value is -0.860. The molecule has 0 fully saturated rings. The van der Waals surface area contributed by atoms with Crippen LogP contribution in [0, 0.1) is 0 Å². The van der Waals surface area contributed by atoms with Gasteiger partial charge in [-0.1, -0.05) is 44.2 Å². The SMILES string of the molecule is CC.CNCCNCc1ccccc1. The number of hydrogen-bond acceptors (Lipinski definition) is 2. The minimum absolute atomic E-state index is 0.961. The predicted octanol–water partition coefficient (Wildman–Crippen LogP) is 2.02. The van der Waals surface area contributed by atoms with Gasteiger partial charge in [-0.25, -0.2) is 0 Å². The molecule has 2 nitrogen and oxygen atoms in total. The van der Waals surface area contributed by atoms with Crippen LogP contribution >= 0.6 is 0 Å². The molecule has 0 aliphatic heterocycles. The Morgan fingerprint density at radius 2 is 1.64 bits per heavy atom. The third kappa shape index (κ3) is 6.63. The van der Waals surface area contributed by atoms with Gasteiger partial charge in [-0.2, -0.15) is 0 Å². The smallest absolute Gasteiger partial charge is 0.0206 e. The first kappa shape index (κ1) is 13.1. The second kappa shape index (κ2) is 10.2. The highest BCUT2D eigenvalue weighted by atomic mass is 14.9. The van der Waals surface area contributed by atoms with Crippen LogP contribution < -0.4 is 10.6 Å². The lowest BCUT2D eigenvalue weighted by Gasteiger charge is -2.03. The lowest BCUT2D eigenvalue weighted by atomic mass is 10.2. The van der Waals surface area contributed by atoms with Crippen LogP contribution in [-0.4, -0.2) is 20.1 Å². The highest BCUT2D eigenvalue weighted by Crippen LogP contribution is 1.96. The molecule has 1 aromatic rings. The largest absolute Gasteiger partial charge is 0.318 e. The van der Waals surface area contributed by atoms with Crippen LogP contribution in [0.4, 0.5) is 0 Å². The van der Waals surface area contributed by atoms with Crippen LogP contribution in [0.2, 0.25) is 0 Å². The van der Waals surface area contributed by atoms with E-state index in [-0.39, 0.29) is 0 Å². The van der Waals surface area contributed by atoms with Crippen LogP contribution in [-0.2, 0) is 6.54 Å². The summed E-state index contributed by atoms with van der Waals surface area (Å²) in [6.45, 7) is 7.00. The molecular formula is C12H22N2. The Kier molecular flexibility index (Phi) is 9.59. The monoisotopic (exact) mass is 194 g/mol. The molecular weight excluding hydrogens is 172 g/mol. The van der Waals surface area contributed by atoms with Gasteiger partial charge in [-0.15, -0.1) is 0 Å². The summed E-state index contributed by atoms with van der Waals surface area (Å²) in [6, 6.07) is 10.4. The van der Waals surface area contributed by atoms with Gasteiger partial charge in [0.25, 0.3) is 0 Å². The van der Waals surface area contributed by atoms with E-state index in [2.05, 4.69) is 34.9 Å². The van der Waals surface area contributed by atoms with Crippen molar-refractivity contribution in [1.29, 1.82) is 0 Å². The van der Waals surface area contributed by atoms with E-state index in [1.807, 2.05) is 27.0 Å². The molecule has 1 rings (SSSR count). The van der Waals surface area contributed by atoms with Gasteiger partial charge in [0.2, 0.25) is 0 Å². The number of nitrogens with one attached hydrogen (secondary N) is 2. The predicted molar refractivity (Wildman–Crippen MR) is 63.4 cm³/mol. The van der Waals surface area contributed by atoms with E-state index >= 15 is 0 Å². The van der Waals surface area contributed by atoms with Crippen LogP contribution in [0.25, 0.3) is 0 Å². The van der Waals surface area contributed by atoms with Crippen molar-refractivity contribution in [2.45, 2.75) is 20.4 Å². The molecule has 0 saturated heterocycles. The summed E-state index contributed by atoms with van der Waals surface area (Å²) in [4.78, 5) is 0. The van der Waals surface area contributed by atoms with Crippen molar-refractivity contribution in [3.63, 3.8) is 0 Å². The Labute approximate surface area is 87.7 Å². The molecule has 2 N–H and O–H groups in total. The van der Waals surface area contributed by atoms with Gasteiger partial charge < -0.3 is 10.6 Å². The Balaban J connectivity index is 0.000000791. The van der Waals surface area contributed by atoms with Gasteiger partial charge in [-0.3, -0.25) is 0 Å². The summed E-state index contributed by atoms with van der Waals surface area (Å²) in [5, 5.41) is 6.43. The molecule has 80 valence electrons. The van der Waals surface area contributed by atoms with E-state index in [0.717, 1.165) is 19.6 Å². The number of rotatable bonds is 5. The fourth-order valence-corrected chi connectivity index (χ4v) is 1.04. The van der Waals surface area contributed by atoms with Crippen LogP contribution in [0.3, 0.4) is 0 Å². The van der Waals surface area contributed by atoms with Crippen molar-refractivity contribution in [3.05, 3.63) is 35.9 Å². The van der Waals surface area contributed by atoms with Crippen molar-refractivity contribution < 1.29 is 0 Å². The van der Waals surface area contributed by atoms with Crippen LogP contribution in [0.5, 0.6) is 0 Å². The van der Waals surface area contributed by atoms with Crippen LogP contribution in [0.15, 0.2) is 30.3 Å². The van der Waals surface area contributed by atoms with Gasteiger partial charge in [-0.05, 0) is 12.6 Å². The lowest BCUT2D eigenvalue weighted by molar-refractivity contribution is 0.651. The van der Waals surface area contributed by atoms with Crippen molar-refractivity contribution in [2.24, 2.45) is 0 Å². The molecule has 0 atom stereocenters. The summed E-state index contributed by atoms with van der Waals surface area (Å²) < 4.78 is 0. The molecule has 0 radical (unpaired) electrons. The number of likely N-dealkylation sites (N-methyl/N-ethyl adjacent to an activating group) is 1. The molecule has 0 amide bonds. The maximum Gasteiger partial charge on any atom is 0.0206 e. The average molecular weight is 194 g/mol. The zero-order chi connectivity index (χ0) is 10.6. The molecule has 0 spiro atoms. The quantitative estimate of drug-likeness (QED) is 0.701. The molecule has 0 aliphatic carbocycles. The van der Waals surface area contributed by atoms with E-state index in [9.17, 15) is 0 Å². The number of benzene rings is 1. The summed E-state index contributed by atoms with van der Waals surface area (Å²) in [5.41, 5.74) is 1.34. The molecule has 0 unspecified atom stereocenters. The molecule has 14 heavy (non-hydrogen) atoms. The lowest BCUT2D eigenvalue weighted by Crippen LogP contribution is -2.24. The molecule has 1 aromatic carbocycles. The fourth-order valence-electron chi connectivity index (χ4n) is 1.04. The molecule has 0 heterocycles. The van der Waals surface area contributed by atoms with Gasteiger partial charge in [0.05, 0.1) is 0 Å². The maximum atomic E-state index is 3.34. The van der Waals surface area contributed by atoms with E-state index < -0.39 is 0 Å². The summed E-state index contributed by atoms with van der Waals surface area (Å²) in [6.07, 6.45) is 0. The minimum atomic E-state index is 0.961. The Morgan fingerprint density at radius 1 is 1.00 bits per heavy atom. The second-order valence-electron chi connectivity index (χ2n) is 2.77. The topological polar surface area (TPSA) is 24.1 Å². The molecule has 0 saturated carbocycles. The Bertz CT molecular complexity index is 197. The van der Waals surface area contributed by atoms with Gasteiger partial charge in [0, 0.05) is 19.6 Å². The highest BCUT2D eigenvalue weighted by Gasteiger charge is 1.88. The second-order valence-corrected chi connectivity index (χ2v) is 2.77. The molecule has 0 aliphatic rings. The highest BCUT2D eigenvalue weighted by molar-refractivity contribution is 5.14. The van der Waals surface area contributed by atoms with Crippen molar-refractivity contribution >= 4 is 0 Å². The summed E-state index contributed by atoms with van der Waals surface area (Å²) >= 11 is 0. The Morgan fingerprint density at radius 3 is 2.21 bits per heavy atom. The normalized spacial score (nSPS) is 9.07. The average Bonchev–Trinajstić information content (AvgIpc) is 2.29. The first-order valence-corrected chi connectivity index (χ1v) is 5.32. The zero-order valence-electron chi connectivity index (χ0n) is 9.51. The first-order chi connectivity index (χ1) is 6.93. The van der Waals surface area contributed by atoms with Gasteiger partial charge >= 0.3 is 0 Å². The standard InChI is InChI=1S/C10H16N2.C2H6/c1-11-7-8-12-9-10-5-3-2-4-6-10;1-2/h2-6,11-12H,7-9H2,1H3;1-2H3. The van der Waals surface area contributed by atoms with Crippen molar-refractivity contribution in [1.82, 2.24) is 10.6 Å². The number of hydrogen-bond donors (Lipinski definition) is 2. The summed E-state index contributed by atoms with van der Waals surface area (Å²) in [7, 11) is 1.96. The third-order valence-electron chi connectivity index (χ3n) is 1.72. The van der Waals surface area contributed by atoms with E-state index in [0.29, 0.717) is 0 Å². The molecule has 0 aromatic heterocycles. The third-order valence-corrected chi connectivity index (χ3v) is 1.72. The zero-order valence-corrected chi connectivity index (χ0v) is 9.51. The molecule has 0 bridgehead atoms.